The lowest BCUT2D eigenvalue weighted by Gasteiger charge is -2.18. The van der Waals surface area contributed by atoms with E-state index in [-0.39, 0.29) is 6.10 Å². The van der Waals surface area contributed by atoms with Crippen molar-refractivity contribution in [3.8, 4) is 5.75 Å². The average Bonchev–Trinajstić information content (AvgIpc) is 2.36. The number of nitrogens with two attached hydrogens (primary N) is 1. The summed E-state index contributed by atoms with van der Waals surface area (Å²) in [4.78, 5) is 0. The van der Waals surface area contributed by atoms with Gasteiger partial charge in [-0.15, -0.1) is 0 Å². The van der Waals surface area contributed by atoms with Crippen LogP contribution in [-0.2, 0) is 0 Å². The molecule has 2 aromatic rings. The summed E-state index contributed by atoms with van der Waals surface area (Å²) in [5.74, 6) is 0.871. The molecular formula is C16H18BrNO. The van der Waals surface area contributed by atoms with Crippen molar-refractivity contribution < 1.29 is 4.74 Å². The van der Waals surface area contributed by atoms with Crippen LogP contribution in [0.15, 0.2) is 46.9 Å². The minimum absolute atomic E-state index is 0.116. The van der Waals surface area contributed by atoms with Gasteiger partial charge in [0.15, 0.2) is 0 Å². The molecule has 2 aromatic carbocycles. The third-order valence-corrected chi connectivity index (χ3v) is 3.46. The molecular weight excluding hydrogens is 302 g/mol. The lowest BCUT2D eigenvalue weighted by molar-refractivity contribution is 0.214. The molecule has 0 fully saturated rings. The largest absolute Gasteiger partial charge is 0.484 e. The summed E-state index contributed by atoms with van der Waals surface area (Å²) in [6, 6.07) is 14.3. The number of aryl methyl sites for hydroxylation is 2. The number of benzene rings is 2. The first-order chi connectivity index (χ1) is 9.08. The first-order valence-corrected chi connectivity index (χ1v) is 7.08. The zero-order valence-electron chi connectivity index (χ0n) is 11.2. The molecule has 0 bridgehead atoms. The zero-order valence-corrected chi connectivity index (χ0v) is 12.8. The van der Waals surface area contributed by atoms with Gasteiger partial charge in [-0.25, -0.2) is 0 Å². The molecule has 0 saturated heterocycles. The van der Waals surface area contributed by atoms with E-state index in [0.717, 1.165) is 15.8 Å². The Morgan fingerprint density at radius 3 is 2.16 bits per heavy atom. The SMILES string of the molecule is Cc1cc(C)cc(OC(CN)c2ccc(Br)cc2)c1. The van der Waals surface area contributed by atoms with E-state index in [4.69, 9.17) is 10.5 Å². The normalized spacial score (nSPS) is 12.2. The highest BCUT2D eigenvalue weighted by Gasteiger charge is 2.11. The van der Waals surface area contributed by atoms with Crippen molar-refractivity contribution in [2.24, 2.45) is 5.73 Å². The monoisotopic (exact) mass is 319 g/mol. The summed E-state index contributed by atoms with van der Waals surface area (Å²) in [5, 5.41) is 0. The summed E-state index contributed by atoms with van der Waals surface area (Å²) >= 11 is 3.43. The van der Waals surface area contributed by atoms with Crippen molar-refractivity contribution in [1.29, 1.82) is 0 Å². The van der Waals surface area contributed by atoms with Gasteiger partial charge in [-0.1, -0.05) is 34.1 Å². The Balaban J connectivity index is 2.21. The van der Waals surface area contributed by atoms with Gasteiger partial charge in [0.2, 0.25) is 0 Å². The molecule has 1 unspecified atom stereocenters. The van der Waals surface area contributed by atoms with Crippen LogP contribution >= 0.6 is 15.9 Å². The van der Waals surface area contributed by atoms with E-state index in [2.05, 4.69) is 35.8 Å². The Labute approximate surface area is 122 Å². The molecule has 0 radical (unpaired) electrons. The van der Waals surface area contributed by atoms with Crippen LogP contribution in [-0.4, -0.2) is 6.54 Å². The summed E-state index contributed by atoms with van der Waals surface area (Å²) in [6.45, 7) is 4.59. The van der Waals surface area contributed by atoms with Gasteiger partial charge in [-0.2, -0.15) is 0 Å². The van der Waals surface area contributed by atoms with Gasteiger partial charge in [-0.3, -0.25) is 0 Å². The lowest BCUT2D eigenvalue weighted by atomic mass is 10.1. The standard InChI is InChI=1S/C16H18BrNO/c1-11-7-12(2)9-15(8-11)19-16(10-18)13-3-5-14(17)6-4-13/h3-9,16H,10,18H2,1-2H3. The molecule has 0 saturated carbocycles. The van der Waals surface area contributed by atoms with E-state index in [1.54, 1.807) is 0 Å². The van der Waals surface area contributed by atoms with Crippen molar-refractivity contribution in [1.82, 2.24) is 0 Å². The van der Waals surface area contributed by atoms with E-state index in [9.17, 15) is 0 Å². The minimum atomic E-state index is -0.116. The third-order valence-electron chi connectivity index (χ3n) is 2.93. The predicted octanol–water partition coefficient (Wildman–Crippen LogP) is 4.14. The Hall–Kier alpha value is -1.32. The molecule has 2 rings (SSSR count). The maximum Gasteiger partial charge on any atom is 0.136 e. The highest BCUT2D eigenvalue weighted by Crippen LogP contribution is 2.24. The van der Waals surface area contributed by atoms with Crippen LogP contribution in [0.5, 0.6) is 5.75 Å². The van der Waals surface area contributed by atoms with Crippen LogP contribution in [0, 0.1) is 13.8 Å². The van der Waals surface area contributed by atoms with Crippen LogP contribution in [0.1, 0.15) is 22.8 Å². The van der Waals surface area contributed by atoms with E-state index >= 15 is 0 Å². The first kappa shape index (κ1) is 14.1. The van der Waals surface area contributed by atoms with Crippen LogP contribution < -0.4 is 10.5 Å². The van der Waals surface area contributed by atoms with Gasteiger partial charge in [-0.05, 0) is 54.8 Å². The van der Waals surface area contributed by atoms with Gasteiger partial charge in [0.25, 0.3) is 0 Å². The molecule has 19 heavy (non-hydrogen) atoms. The molecule has 2 nitrogen and oxygen atoms in total. The fourth-order valence-electron chi connectivity index (χ4n) is 2.09. The van der Waals surface area contributed by atoms with Gasteiger partial charge in [0.05, 0.1) is 0 Å². The van der Waals surface area contributed by atoms with Crippen molar-refractivity contribution in [2.45, 2.75) is 20.0 Å². The number of halogens is 1. The number of ether oxygens (including phenoxy) is 1. The molecule has 0 amide bonds. The molecule has 1 atom stereocenters. The van der Waals surface area contributed by atoms with Crippen LogP contribution in [0.4, 0.5) is 0 Å². The summed E-state index contributed by atoms with van der Waals surface area (Å²) in [5.41, 5.74) is 9.31. The molecule has 0 spiro atoms. The van der Waals surface area contributed by atoms with Crippen LogP contribution in [0.3, 0.4) is 0 Å². The third kappa shape index (κ3) is 3.82. The van der Waals surface area contributed by atoms with Crippen LogP contribution in [0.25, 0.3) is 0 Å². The van der Waals surface area contributed by atoms with Gasteiger partial charge < -0.3 is 10.5 Å². The fourth-order valence-corrected chi connectivity index (χ4v) is 2.36. The van der Waals surface area contributed by atoms with E-state index in [1.165, 1.54) is 11.1 Å². The van der Waals surface area contributed by atoms with E-state index in [0.29, 0.717) is 6.54 Å². The van der Waals surface area contributed by atoms with Crippen molar-refractivity contribution in [2.75, 3.05) is 6.54 Å². The summed E-state index contributed by atoms with van der Waals surface area (Å²) in [6.07, 6.45) is -0.116. The van der Waals surface area contributed by atoms with E-state index < -0.39 is 0 Å². The van der Waals surface area contributed by atoms with Gasteiger partial charge >= 0.3 is 0 Å². The smallest absolute Gasteiger partial charge is 0.136 e. The first-order valence-electron chi connectivity index (χ1n) is 6.29. The second-order valence-electron chi connectivity index (χ2n) is 4.72. The van der Waals surface area contributed by atoms with Gasteiger partial charge in [0, 0.05) is 11.0 Å². The lowest BCUT2D eigenvalue weighted by Crippen LogP contribution is -2.18. The maximum absolute atomic E-state index is 6.01. The molecule has 0 aliphatic carbocycles. The molecule has 2 N–H and O–H groups in total. The quantitative estimate of drug-likeness (QED) is 0.919. The summed E-state index contributed by atoms with van der Waals surface area (Å²) in [7, 11) is 0. The average molecular weight is 320 g/mol. The van der Waals surface area contributed by atoms with Gasteiger partial charge in [0.1, 0.15) is 11.9 Å². The zero-order chi connectivity index (χ0) is 13.8. The fraction of sp³-hybridized carbons (Fsp3) is 0.250. The molecule has 100 valence electrons. The van der Waals surface area contributed by atoms with Crippen molar-refractivity contribution in [3.63, 3.8) is 0 Å². The Kier molecular flexibility index (Phi) is 4.61. The second-order valence-corrected chi connectivity index (χ2v) is 5.63. The molecule has 0 aliphatic rings. The topological polar surface area (TPSA) is 35.2 Å². The Morgan fingerprint density at radius 1 is 1.05 bits per heavy atom. The minimum Gasteiger partial charge on any atom is -0.484 e. The molecule has 0 aromatic heterocycles. The Bertz CT molecular complexity index is 531. The highest BCUT2D eigenvalue weighted by molar-refractivity contribution is 9.10. The second kappa shape index (κ2) is 6.22. The van der Waals surface area contributed by atoms with Crippen molar-refractivity contribution >= 4 is 15.9 Å². The number of hydrogen-bond acceptors (Lipinski definition) is 2. The molecule has 0 heterocycles. The highest BCUT2D eigenvalue weighted by atomic mass is 79.9. The number of rotatable bonds is 4. The number of hydrogen-bond donors (Lipinski definition) is 1. The predicted molar refractivity (Wildman–Crippen MR) is 82.5 cm³/mol. The van der Waals surface area contributed by atoms with Crippen molar-refractivity contribution in [3.05, 3.63) is 63.6 Å². The van der Waals surface area contributed by atoms with E-state index in [1.807, 2.05) is 36.4 Å². The maximum atomic E-state index is 6.01. The summed E-state index contributed by atoms with van der Waals surface area (Å²) < 4.78 is 7.07. The van der Waals surface area contributed by atoms with Crippen LogP contribution in [0.2, 0.25) is 0 Å². The molecule has 3 heteroatoms. The molecule has 0 aliphatic heterocycles. The Morgan fingerprint density at radius 2 is 1.63 bits per heavy atom.